The number of aryl methyl sites for hydroxylation is 4. The Balaban J connectivity index is 0.000000332. The lowest BCUT2D eigenvalue weighted by molar-refractivity contribution is 0.381. The van der Waals surface area contributed by atoms with Gasteiger partial charge in [-0.05, 0) is 74.2 Å². The van der Waals surface area contributed by atoms with Gasteiger partial charge in [-0.15, -0.1) is 0 Å². The second-order valence-electron chi connectivity index (χ2n) is 5.14. The van der Waals surface area contributed by atoms with Crippen molar-refractivity contribution < 1.29 is 17.5 Å². The van der Waals surface area contributed by atoms with Crippen molar-refractivity contribution in [3.63, 3.8) is 0 Å². The summed E-state index contributed by atoms with van der Waals surface area (Å²) in [6.07, 6.45) is 0. The molecule has 2 aromatic rings. The summed E-state index contributed by atoms with van der Waals surface area (Å²) in [4.78, 5) is 0. The van der Waals surface area contributed by atoms with Gasteiger partial charge < -0.3 is 11.5 Å². The summed E-state index contributed by atoms with van der Waals surface area (Å²) in [6.45, 7) is 8.28. The second-order valence-corrected chi connectivity index (χ2v) is 6.03. The van der Waals surface area contributed by atoms with E-state index >= 15 is 0 Å². The number of hydrogen-bond donors (Lipinski definition) is 4. The molecule has 2 rings (SSSR count). The average molecular weight is 340 g/mol. The molecule has 2 aromatic carbocycles. The van der Waals surface area contributed by atoms with Gasteiger partial charge in [0.1, 0.15) is 0 Å². The highest BCUT2D eigenvalue weighted by Gasteiger charge is 1.90. The van der Waals surface area contributed by atoms with E-state index in [1.54, 1.807) is 0 Å². The van der Waals surface area contributed by atoms with Gasteiger partial charge in [0, 0.05) is 11.4 Å². The molecule has 128 valence electrons. The number of anilines is 2. The summed E-state index contributed by atoms with van der Waals surface area (Å²) < 4.78 is 31.6. The van der Waals surface area contributed by atoms with Crippen LogP contribution in [0.15, 0.2) is 36.4 Å². The van der Waals surface area contributed by atoms with E-state index < -0.39 is 10.4 Å². The van der Waals surface area contributed by atoms with Gasteiger partial charge in [-0.3, -0.25) is 9.11 Å². The van der Waals surface area contributed by atoms with Crippen LogP contribution in [0.25, 0.3) is 0 Å². The molecule has 0 aliphatic carbocycles. The summed E-state index contributed by atoms with van der Waals surface area (Å²) in [6, 6.07) is 11.9. The highest BCUT2D eigenvalue weighted by atomic mass is 32.3. The third-order valence-corrected chi connectivity index (χ3v) is 3.06. The normalized spacial score (nSPS) is 10.0. The monoisotopic (exact) mass is 340 g/mol. The lowest BCUT2D eigenvalue weighted by Crippen LogP contribution is -1.89. The predicted octanol–water partition coefficient (Wildman–Crippen LogP) is 3.12. The van der Waals surface area contributed by atoms with E-state index in [4.69, 9.17) is 29.0 Å². The zero-order valence-electron chi connectivity index (χ0n) is 13.7. The number of nitrogens with two attached hydrogens (primary N) is 2. The molecule has 0 heterocycles. The minimum absolute atomic E-state index is 0.845. The van der Waals surface area contributed by atoms with E-state index in [1.165, 1.54) is 22.3 Å². The maximum atomic E-state index is 8.74. The molecule has 6 nitrogen and oxygen atoms in total. The van der Waals surface area contributed by atoms with E-state index in [2.05, 4.69) is 27.7 Å². The fourth-order valence-electron chi connectivity index (χ4n) is 1.53. The van der Waals surface area contributed by atoms with Crippen molar-refractivity contribution in [2.45, 2.75) is 27.7 Å². The van der Waals surface area contributed by atoms with Crippen molar-refractivity contribution in [1.82, 2.24) is 0 Å². The molecule has 7 heteroatoms. The Hall–Kier alpha value is -2.09. The summed E-state index contributed by atoms with van der Waals surface area (Å²) in [7, 11) is -4.67. The number of rotatable bonds is 0. The van der Waals surface area contributed by atoms with E-state index in [-0.39, 0.29) is 0 Å². The second kappa shape index (κ2) is 9.14. The third kappa shape index (κ3) is 11.2. The molecule has 0 saturated heterocycles. The molecule has 0 saturated carbocycles. The first-order chi connectivity index (χ1) is 10.4. The van der Waals surface area contributed by atoms with Crippen LogP contribution in [0.4, 0.5) is 11.4 Å². The van der Waals surface area contributed by atoms with Gasteiger partial charge in [0.2, 0.25) is 0 Å². The van der Waals surface area contributed by atoms with Crippen molar-refractivity contribution in [1.29, 1.82) is 0 Å². The summed E-state index contributed by atoms with van der Waals surface area (Å²) in [5.41, 5.74) is 17.9. The highest BCUT2D eigenvalue weighted by Crippen LogP contribution is 2.10. The van der Waals surface area contributed by atoms with Crippen LogP contribution in [0.2, 0.25) is 0 Å². The zero-order chi connectivity index (χ0) is 18.2. The molecule has 0 aliphatic heterocycles. The first-order valence-corrected chi connectivity index (χ1v) is 8.15. The topological polar surface area (TPSA) is 127 Å². The Morgan fingerprint density at radius 3 is 1.13 bits per heavy atom. The Morgan fingerprint density at radius 1 is 0.696 bits per heavy atom. The molecule has 0 fully saturated rings. The van der Waals surface area contributed by atoms with Crippen molar-refractivity contribution >= 4 is 21.8 Å². The molecule has 0 aliphatic rings. The van der Waals surface area contributed by atoms with Gasteiger partial charge in [0.25, 0.3) is 0 Å². The fraction of sp³-hybridized carbons (Fsp3) is 0.250. The molecule has 6 N–H and O–H groups in total. The Labute approximate surface area is 137 Å². The minimum atomic E-state index is -4.67. The largest absolute Gasteiger partial charge is 0.399 e. The number of hydrogen-bond acceptors (Lipinski definition) is 4. The zero-order valence-corrected chi connectivity index (χ0v) is 14.6. The quantitative estimate of drug-likeness (QED) is 0.431. The first kappa shape index (κ1) is 20.9. The molecular formula is C16H24N2O4S. The van der Waals surface area contributed by atoms with Crippen molar-refractivity contribution in [3.05, 3.63) is 58.7 Å². The highest BCUT2D eigenvalue weighted by molar-refractivity contribution is 7.79. The number of nitrogen functional groups attached to an aromatic ring is 2. The average Bonchev–Trinajstić information content (AvgIpc) is 2.38. The molecule has 0 aromatic heterocycles. The van der Waals surface area contributed by atoms with Gasteiger partial charge >= 0.3 is 10.4 Å². The Bertz CT molecular complexity index is 686. The van der Waals surface area contributed by atoms with Crippen LogP contribution >= 0.6 is 0 Å². The first-order valence-electron chi connectivity index (χ1n) is 6.75. The third-order valence-electron chi connectivity index (χ3n) is 3.06. The summed E-state index contributed by atoms with van der Waals surface area (Å²) >= 11 is 0. The molecule has 0 bridgehead atoms. The molecule has 23 heavy (non-hydrogen) atoms. The van der Waals surface area contributed by atoms with E-state index in [1.807, 2.05) is 36.4 Å². The van der Waals surface area contributed by atoms with E-state index in [9.17, 15) is 0 Å². The molecule has 0 spiro atoms. The van der Waals surface area contributed by atoms with Crippen molar-refractivity contribution in [2.24, 2.45) is 0 Å². The smallest absolute Gasteiger partial charge is 0.394 e. The molecule has 0 radical (unpaired) electrons. The van der Waals surface area contributed by atoms with Crippen LogP contribution in [0, 0.1) is 27.7 Å². The van der Waals surface area contributed by atoms with Gasteiger partial charge in [-0.25, -0.2) is 0 Å². The van der Waals surface area contributed by atoms with E-state index in [0.717, 1.165) is 11.4 Å². The van der Waals surface area contributed by atoms with Crippen LogP contribution in [-0.2, 0) is 10.4 Å². The lowest BCUT2D eigenvalue weighted by atomic mass is 10.1. The van der Waals surface area contributed by atoms with Gasteiger partial charge in [-0.2, -0.15) is 8.42 Å². The molecule has 0 atom stereocenters. The molecule has 0 unspecified atom stereocenters. The van der Waals surface area contributed by atoms with Crippen LogP contribution in [0.5, 0.6) is 0 Å². The minimum Gasteiger partial charge on any atom is -0.399 e. The van der Waals surface area contributed by atoms with E-state index in [0.29, 0.717) is 0 Å². The Kier molecular flexibility index (Phi) is 8.31. The molecular weight excluding hydrogens is 316 g/mol. The van der Waals surface area contributed by atoms with Crippen LogP contribution in [-0.4, -0.2) is 17.5 Å². The van der Waals surface area contributed by atoms with Crippen molar-refractivity contribution in [2.75, 3.05) is 11.5 Å². The van der Waals surface area contributed by atoms with Crippen LogP contribution in [0.1, 0.15) is 22.3 Å². The van der Waals surface area contributed by atoms with Gasteiger partial charge in [-0.1, -0.05) is 12.1 Å². The summed E-state index contributed by atoms with van der Waals surface area (Å²) in [5.74, 6) is 0. The SMILES string of the molecule is Cc1ccc(N)cc1C.Cc1ccc(N)cc1C.O=S(=O)(O)O. The van der Waals surface area contributed by atoms with Crippen LogP contribution in [0.3, 0.4) is 0 Å². The van der Waals surface area contributed by atoms with Crippen molar-refractivity contribution in [3.8, 4) is 0 Å². The predicted molar refractivity (Wildman–Crippen MR) is 94.8 cm³/mol. The van der Waals surface area contributed by atoms with Gasteiger partial charge in [0.05, 0.1) is 0 Å². The van der Waals surface area contributed by atoms with Gasteiger partial charge in [0.15, 0.2) is 0 Å². The maximum absolute atomic E-state index is 8.74. The van der Waals surface area contributed by atoms with Crippen LogP contribution < -0.4 is 11.5 Å². The Morgan fingerprint density at radius 2 is 0.957 bits per heavy atom. The fourth-order valence-corrected chi connectivity index (χ4v) is 1.53. The number of benzene rings is 2. The molecule has 0 amide bonds. The maximum Gasteiger partial charge on any atom is 0.394 e. The standard InChI is InChI=1S/2C8H11N.H2O4S/c2*1-6-3-4-8(9)5-7(6)2;1-5(2,3)4/h2*3-5H,9H2,1-2H3;(H2,1,2,3,4). The lowest BCUT2D eigenvalue weighted by Gasteiger charge is -1.98. The summed E-state index contributed by atoms with van der Waals surface area (Å²) in [5, 5.41) is 0.